The fourth-order valence-corrected chi connectivity index (χ4v) is 3.88. The fraction of sp³-hybridized carbons (Fsp3) is 0.381. The van der Waals surface area contributed by atoms with Crippen molar-refractivity contribution in [2.24, 2.45) is 0 Å². The van der Waals surface area contributed by atoms with Gasteiger partial charge in [-0.3, -0.25) is 4.90 Å². The Kier molecular flexibility index (Phi) is 5.45. The van der Waals surface area contributed by atoms with Gasteiger partial charge in [0.2, 0.25) is 0 Å². The van der Waals surface area contributed by atoms with Gasteiger partial charge in [-0.05, 0) is 53.7 Å². The molecule has 142 valence electrons. The Labute approximate surface area is 165 Å². The van der Waals surface area contributed by atoms with E-state index in [2.05, 4.69) is 33.3 Å². The maximum atomic E-state index is 5.60. The van der Waals surface area contributed by atoms with Crippen molar-refractivity contribution < 1.29 is 9.47 Å². The number of nitrogens with zero attached hydrogens (tertiary/aromatic N) is 2. The summed E-state index contributed by atoms with van der Waals surface area (Å²) in [5.74, 6) is 1.90. The van der Waals surface area contributed by atoms with Crippen LogP contribution in [0.5, 0.6) is 11.5 Å². The molecule has 5 nitrogen and oxygen atoms in total. The van der Waals surface area contributed by atoms with Crippen LogP contribution in [0.4, 0.5) is 5.69 Å². The number of piperazine rings is 1. The van der Waals surface area contributed by atoms with Crippen LogP contribution in [-0.4, -0.2) is 54.8 Å². The third kappa shape index (κ3) is 4.34. The number of ether oxygens (including phenoxy) is 2. The zero-order chi connectivity index (χ0) is 18.6. The van der Waals surface area contributed by atoms with Gasteiger partial charge in [0.25, 0.3) is 0 Å². The van der Waals surface area contributed by atoms with E-state index in [1.165, 1.54) is 11.1 Å². The Morgan fingerprint density at radius 2 is 1.89 bits per heavy atom. The number of anilines is 1. The molecule has 1 N–H and O–H groups in total. The number of nitrogens with one attached hydrogen (secondary N) is 1. The molecule has 0 spiro atoms. The van der Waals surface area contributed by atoms with Gasteiger partial charge in [0, 0.05) is 44.8 Å². The number of benzene rings is 2. The van der Waals surface area contributed by atoms with E-state index in [0.29, 0.717) is 0 Å². The quantitative estimate of drug-likeness (QED) is 0.818. The van der Waals surface area contributed by atoms with Gasteiger partial charge < -0.3 is 19.7 Å². The lowest BCUT2D eigenvalue weighted by atomic mass is 10.1. The highest BCUT2D eigenvalue weighted by atomic mass is 32.1. The highest BCUT2D eigenvalue weighted by Gasteiger charge is 2.20. The van der Waals surface area contributed by atoms with Crippen LogP contribution in [0.1, 0.15) is 11.1 Å². The number of methoxy groups -OCH3 is 1. The zero-order valence-corrected chi connectivity index (χ0v) is 16.4. The second-order valence-electron chi connectivity index (χ2n) is 6.96. The molecule has 0 radical (unpaired) electrons. The molecule has 0 bridgehead atoms. The smallest absolute Gasteiger partial charge is 0.173 e. The summed E-state index contributed by atoms with van der Waals surface area (Å²) in [6.45, 7) is 5.71. The predicted octanol–water partition coefficient (Wildman–Crippen LogP) is 3.14. The molecular formula is C21H25N3O2S. The average Bonchev–Trinajstić information content (AvgIpc) is 3.17. The van der Waals surface area contributed by atoms with E-state index in [9.17, 15) is 0 Å². The number of hydrogen-bond acceptors (Lipinski definition) is 4. The second kappa shape index (κ2) is 8.15. The van der Waals surface area contributed by atoms with Gasteiger partial charge in [-0.1, -0.05) is 12.1 Å². The first-order valence-corrected chi connectivity index (χ1v) is 9.79. The Morgan fingerprint density at radius 1 is 1.11 bits per heavy atom. The molecule has 6 heteroatoms. The molecule has 0 atom stereocenters. The van der Waals surface area contributed by atoms with Crippen LogP contribution in [0.3, 0.4) is 0 Å². The van der Waals surface area contributed by atoms with Crippen LogP contribution in [0.25, 0.3) is 0 Å². The molecule has 2 aromatic rings. The lowest BCUT2D eigenvalue weighted by molar-refractivity contribution is 0.177. The third-order valence-electron chi connectivity index (χ3n) is 5.16. The molecule has 2 aromatic carbocycles. The Hall–Kier alpha value is -2.31. The predicted molar refractivity (Wildman–Crippen MR) is 112 cm³/mol. The molecule has 2 aliphatic heterocycles. The highest BCUT2D eigenvalue weighted by Crippen LogP contribution is 2.26. The summed E-state index contributed by atoms with van der Waals surface area (Å²) in [5.41, 5.74) is 3.70. The second-order valence-corrected chi connectivity index (χ2v) is 7.35. The number of hydrogen-bond donors (Lipinski definition) is 1. The van der Waals surface area contributed by atoms with Crippen molar-refractivity contribution in [2.45, 2.75) is 13.0 Å². The van der Waals surface area contributed by atoms with E-state index in [0.717, 1.165) is 68.1 Å². The van der Waals surface area contributed by atoms with Crippen molar-refractivity contribution in [3.05, 3.63) is 53.6 Å². The number of rotatable bonds is 4. The van der Waals surface area contributed by atoms with Crippen molar-refractivity contribution in [3.63, 3.8) is 0 Å². The molecule has 0 aliphatic carbocycles. The molecule has 0 aromatic heterocycles. The van der Waals surface area contributed by atoms with Gasteiger partial charge in [0.15, 0.2) is 5.11 Å². The maximum Gasteiger partial charge on any atom is 0.173 e. The highest BCUT2D eigenvalue weighted by molar-refractivity contribution is 7.80. The molecule has 0 saturated carbocycles. The maximum absolute atomic E-state index is 5.60. The van der Waals surface area contributed by atoms with E-state index < -0.39 is 0 Å². The van der Waals surface area contributed by atoms with Crippen molar-refractivity contribution in [3.8, 4) is 11.5 Å². The third-order valence-corrected chi connectivity index (χ3v) is 5.52. The fourth-order valence-electron chi connectivity index (χ4n) is 3.58. The molecule has 2 heterocycles. The van der Waals surface area contributed by atoms with Gasteiger partial charge in [0.05, 0.1) is 13.7 Å². The summed E-state index contributed by atoms with van der Waals surface area (Å²) in [5, 5.41) is 4.11. The minimum atomic E-state index is 0.787. The summed E-state index contributed by atoms with van der Waals surface area (Å²) < 4.78 is 10.8. The van der Waals surface area contributed by atoms with Crippen molar-refractivity contribution in [1.29, 1.82) is 0 Å². The Bertz CT molecular complexity index is 802. The first-order valence-electron chi connectivity index (χ1n) is 9.38. The number of fused-ring (bicyclic) bond motifs is 1. The lowest BCUT2D eigenvalue weighted by Crippen LogP contribution is -2.49. The van der Waals surface area contributed by atoms with Crippen LogP contribution in [0.15, 0.2) is 42.5 Å². The molecule has 4 rings (SSSR count). The molecule has 0 amide bonds. The van der Waals surface area contributed by atoms with E-state index >= 15 is 0 Å². The molecule has 1 saturated heterocycles. The first-order chi connectivity index (χ1) is 13.2. The molecule has 27 heavy (non-hydrogen) atoms. The standard InChI is InChI=1S/C21H25N3O2S/c1-25-19-5-3-18(4-6-19)22-21(27)24-11-9-23(10-12-24)15-16-2-7-20-17(14-16)8-13-26-20/h2-7,14H,8-13,15H2,1H3,(H,22,27). The van der Waals surface area contributed by atoms with Gasteiger partial charge in [-0.2, -0.15) is 0 Å². The minimum Gasteiger partial charge on any atom is -0.497 e. The minimum absolute atomic E-state index is 0.787. The van der Waals surface area contributed by atoms with Crippen molar-refractivity contribution >= 4 is 23.0 Å². The van der Waals surface area contributed by atoms with Crippen LogP contribution in [0.2, 0.25) is 0 Å². The molecule has 2 aliphatic rings. The van der Waals surface area contributed by atoms with Crippen molar-refractivity contribution in [2.75, 3.05) is 45.2 Å². The van der Waals surface area contributed by atoms with E-state index in [-0.39, 0.29) is 0 Å². The van der Waals surface area contributed by atoms with E-state index in [4.69, 9.17) is 21.7 Å². The monoisotopic (exact) mass is 383 g/mol. The summed E-state index contributed by atoms with van der Waals surface area (Å²) in [7, 11) is 1.67. The van der Waals surface area contributed by atoms with Crippen LogP contribution in [-0.2, 0) is 13.0 Å². The molecular weight excluding hydrogens is 358 g/mol. The van der Waals surface area contributed by atoms with Gasteiger partial charge in [-0.15, -0.1) is 0 Å². The molecule has 0 unspecified atom stereocenters. The van der Waals surface area contributed by atoms with Crippen molar-refractivity contribution in [1.82, 2.24) is 9.80 Å². The molecule has 1 fully saturated rings. The van der Waals surface area contributed by atoms with Crippen LogP contribution >= 0.6 is 12.2 Å². The van der Waals surface area contributed by atoms with Gasteiger partial charge in [0.1, 0.15) is 11.5 Å². The Morgan fingerprint density at radius 3 is 2.63 bits per heavy atom. The largest absolute Gasteiger partial charge is 0.497 e. The van der Waals surface area contributed by atoms with Gasteiger partial charge >= 0.3 is 0 Å². The SMILES string of the molecule is COc1ccc(NC(=S)N2CCN(Cc3ccc4c(c3)CCO4)CC2)cc1. The summed E-state index contributed by atoms with van der Waals surface area (Å²) >= 11 is 5.59. The van der Waals surface area contributed by atoms with E-state index in [1.54, 1.807) is 7.11 Å². The van der Waals surface area contributed by atoms with E-state index in [1.807, 2.05) is 24.3 Å². The Balaban J connectivity index is 1.27. The first kappa shape index (κ1) is 18.1. The van der Waals surface area contributed by atoms with Gasteiger partial charge in [-0.25, -0.2) is 0 Å². The lowest BCUT2D eigenvalue weighted by Gasteiger charge is -2.36. The zero-order valence-electron chi connectivity index (χ0n) is 15.6. The summed E-state index contributed by atoms with van der Waals surface area (Å²) in [4.78, 5) is 4.73. The summed E-state index contributed by atoms with van der Waals surface area (Å²) in [6.07, 6.45) is 1.03. The van der Waals surface area contributed by atoms with Crippen LogP contribution in [0, 0.1) is 0 Å². The number of thiocarbonyl (C=S) groups is 1. The van der Waals surface area contributed by atoms with Crippen LogP contribution < -0.4 is 14.8 Å². The average molecular weight is 384 g/mol. The topological polar surface area (TPSA) is 37.0 Å². The normalized spacial score (nSPS) is 16.6. The summed E-state index contributed by atoms with van der Waals surface area (Å²) in [6, 6.07) is 14.4.